The summed E-state index contributed by atoms with van der Waals surface area (Å²) in [4.78, 5) is 0. The molecule has 2 rings (SSSR count). The fraction of sp³-hybridized carbons (Fsp3) is 0.467. The van der Waals surface area contributed by atoms with Gasteiger partial charge < -0.3 is 10.5 Å². The Bertz CT molecular complexity index is 551. The molecule has 1 aromatic heterocycles. The summed E-state index contributed by atoms with van der Waals surface area (Å²) in [5.74, 6) is 0.918. The molecule has 0 atom stereocenters. The molecule has 0 unspecified atom stereocenters. The van der Waals surface area contributed by atoms with Gasteiger partial charge in [-0.25, -0.2) is 4.68 Å². The van der Waals surface area contributed by atoms with Gasteiger partial charge in [-0.3, -0.25) is 0 Å². The predicted octanol–water partition coefficient (Wildman–Crippen LogP) is 2.08. The van der Waals surface area contributed by atoms with Crippen LogP contribution in [0.3, 0.4) is 0 Å². The van der Waals surface area contributed by atoms with Crippen LogP contribution in [0, 0.1) is 6.92 Å². The minimum atomic E-state index is 0.447. The lowest BCUT2D eigenvalue weighted by Crippen LogP contribution is -2.10. The molecule has 1 heterocycles. The third kappa shape index (κ3) is 3.57. The van der Waals surface area contributed by atoms with Gasteiger partial charge >= 0.3 is 0 Å². The predicted molar refractivity (Wildman–Crippen MR) is 78.6 cm³/mol. The van der Waals surface area contributed by atoms with E-state index in [9.17, 15) is 0 Å². The molecule has 0 amide bonds. The standard InChI is InChI=1S/C15H22N4O/c1-3-15-14(11-16)17-18-19(15)8-5-9-20-13-7-4-6-12(2)10-13/h4,6-7,10H,3,5,8-9,11,16H2,1-2H3. The lowest BCUT2D eigenvalue weighted by molar-refractivity contribution is 0.297. The van der Waals surface area contributed by atoms with Crippen molar-refractivity contribution in [3.63, 3.8) is 0 Å². The van der Waals surface area contributed by atoms with Crippen LogP contribution in [0.1, 0.15) is 30.3 Å². The van der Waals surface area contributed by atoms with Gasteiger partial charge in [-0.2, -0.15) is 0 Å². The van der Waals surface area contributed by atoms with Crippen LogP contribution < -0.4 is 10.5 Å². The zero-order chi connectivity index (χ0) is 14.4. The number of ether oxygens (including phenoxy) is 1. The molecular formula is C15H22N4O. The second kappa shape index (κ2) is 7.05. The normalized spacial score (nSPS) is 10.8. The summed E-state index contributed by atoms with van der Waals surface area (Å²) < 4.78 is 7.66. The first kappa shape index (κ1) is 14.5. The van der Waals surface area contributed by atoms with Crippen molar-refractivity contribution >= 4 is 0 Å². The quantitative estimate of drug-likeness (QED) is 0.785. The van der Waals surface area contributed by atoms with Crippen LogP contribution in [0.15, 0.2) is 24.3 Å². The van der Waals surface area contributed by atoms with Gasteiger partial charge in [0, 0.05) is 19.5 Å². The molecule has 1 aromatic carbocycles. The Balaban J connectivity index is 1.83. The molecule has 20 heavy (non-hydrogen) atoms. The van der Waals surface area contributed by atoms with Crippen LogP contribution in [0.25, 0.3) is 0 Å². The third-order valence-corrected chi connectivity index (χ3v) is 3.22. The Labute approximate surface area is 119 Å². The summed E-state index contributed by atoms with van der Waals surface area (Å²) in [6.45, 7) is 6.08. The maximum absolute atomic E-state index is 5.73. The maximum atomic E-state index is 5.73. The Morgan fingerprint density at radius 1 is 1.35 bits per heavy atom. The second-order valence-corrected chi connectivity index (χ2v) is 4.78. The van der Waals surface area contributed by atoms with Crippen molar-refractivity contribution in [2.45, 2.75) is 39.8 Å². The van der Waals surface area contributed by atoms with Crippen LogP contribution in [0.2, 0.25) is 0 Å². The van der Waals surface area contributed by atoms with Crippen molar-refractivity contribution in [3.8, 4) is 5.75 Å². The number of nitrogens with zero attached hydrogens (tertiary/aromatic N) is 3. The largest absolute Gasteiger partial charge is 0.494 e. The average Bonchev–Trinajstić information content (AvgIpc) is 2.85. The number of aryl methyl sites for hydroxylation is 2. The van der Waals surface area contributed by atoms with E-state index in [0.29, 0.717) is 13.2 Å². The van der Waals surface area contributed by atoms with Gasteiger partial charge in [0.1, 0.15) is 5.75 Å². The van der Waals surface area contributed by atoms with E-state index >= 15 is 0 Å². The number of benzene rings is 1. The number of rotatable bonds is 7. The van der Waals surface area contributed by atoms with Gasteiger partial charge in [-0.15, -0.1) is 5.10 Å². The van der Waals surface area contributed by atoms with E-state index in [1.165, 1.54) is 5.56 Å². The molecule has 0 aliphatic carbocycles. The molecule has 0 saturated carbocycles. The van der Waals surface area contributed by atoms with E-state index in [1.54, 1.807) is 0 Å². The molecule has 0 saturated heterocycles. The average molecular weight is 274 g/mol. The highest BCUT2D eigenvalue weighted by molar-refractivity contribution is 5.27. The van der Waals surface area contributed by atoms with Gasteiger partial charge in [0.25, 0.3) is 0 Å². The highest BCUT2D eigenvalue weighted by atomic mass is 16.5. The lowest BCUT2D eigenvalue weighted by atomic mass is 10.2. The van der Waals surface area contributed by atoms with E-state index in [4.69, 9.17) is 10.5 Å². The number of aromatic nitrogens is 3. The highest BCUT2D eigenvalue weighted by Gasteiger charge is 2.08. The molecule has 0 radical (unpaired) electrons. The molecule has 2 aromatic rings. The van der Waals surface area contributed by atoms with Crippen molar-refractivity contribution in [2.24, 2.45) is 5.73 Å². The van der Waals surface area contributed by atoms with Crippen LogP contribution >= 0.6 is 0 Å². The van der Waals surface area contributed by atoms with Crippen molar-refractivity contribution in [2.75, 3.05) is 6.61 Å². The second-order valence-electron chi connectivity index (χ2n) is 4.78. The van der Waals surface area contributed by atoms with Crippen LogP contribution in [0.4, 0.5) is 0 Å². The molecule has 0 spiro atoms. The maximum Gasteiger partial charge on any atom is 0.119 e. The summed E-state index contributed by atoms with van der Waals surface area (Å²) in [5, 5.41) is 8.25. The van der Waals surface area contributed by atoms with E-state index in [2.05, 4.69) is 30.2 Å². The molecule has 2 N–H and O–H groups in total. The van der Waals surface area contributed by atoms with Crippen LogP contribution in [-0.4, -0.2) is 21.6 Å². The Kier molecular flexibility index (Phi) is 5.12. The fourth-order valence-corrected chi connectivity index (χ4v) is 2.20. The lowest BCUT2D eigenvalue weighted by Gasteiger charge is -2.08. The first-order valence-corrected chi connectivity index (χ1v) is 7.05. The van der Waals surface area contributed by atoms with E-state index < -0.39 is 0 Å². The minimum absolute atomic E-state index is 0.447. The Hall–Kier alpha value is -1.88. The fourth-order valence-electron chi connectivity index (χ4n) is 2.20. The summed E-state index contributed by atoms with van der Waals surface area (Å²) in [5.41, 5.74) is 8.88. The van der Waals surface area contributed by atoms with Crippen LogP contribution in [0.5, 0.6) is 5.75 Å². The summed E-state index contributed by atoms with van der Waals surface area (Å²) in [7, 11) is 0. The van der Waals surface area contributed by atoms with E-state index in [0.717, 1.165) is 36.5 Å². The summed E-state index contributed by atoms with van der Waals surface area (Å²) in [6.07, 6.45) is 1.80. The van der Waals surface area contributed by atoms with Gasteiger partial charge in [0.15, 0.2) is 0 Å². The van der Waals surface area contributed by atoms with Crippen molar-refractivity contribution in [1.29, 1.82) is 0 Å². The SMILES string of the molecule is CCc1c(CN)nnn1CCCOc1cccc(C)c1. The van der Waals surface area contributed by atoms with Gasteiger partial charge in [-0.05, 0) is 31.0 Å². The van der Waals surface area contributed by atoms with E-state index in [-0.39, 0.29) is 0 Å². The smallest absolute Gasteiger partial charge is 0.119 e. The summed E-state index contributed by atoms with van der Waals surface area (Å²) in [6, 6.07) is 8.08. The van der Waals surface area contributed by atoms with E-state index in [1.807, 2.05) is 22.9 Å². The number of nitrogens with two attached hydrogens (primary N) is 1. The molecule has 0 aliphatic heterocycles. The molecule has 5 heteroatoms. The third-order valence-electron chi connectivity index (χ3n) is 3.22. The zero-order valence-electron chi connectivity index (χ0n) is 12.2. The number of hydrogen-bond donors (Lipinski definition) is 1. The van der Waals surface area contributed by atoms with Crippen LogP contribution in [-0.2, 0) is 19.5 Å². The van der Waals surface area contributed by atoms with Gasteiger partial charge in [0.05, 0.1) is 18.0 Å². The topological polar surface area (TPSA) is 66.0 Å². The Morgan fingerprint density at radius 3 is 2.90 bits per heavy atom. The molecule has 0 fully saturated rings. The molecule has 0 bridgehead atoms. The first-order chi connectivity index (χ1) is 9.74. The van der Waals surface area contributed by atoms with Crippen molar-refractivity contribution < 1.29 is 4.74 Å². The minimum Gasteiger partial charge on any atom is -0.494 e. The molecule has 108 valence electrons. The number of hydrogen-bond acceptors (Lipinski definition) is 4. The first-order valence-electron chi connectivity index (χ1n) is 7.05. The highest BCUT2D eigenvalue weighted by Crippen LogP contribution is 2.13. The molecule has 0 aliphatic rings. The summed E-state index contributed by atoms with van der Waals surface area (Å²) >= 11 is 0. The molecule has 5 nitrogen and oxygen atoms in total. The van der Waals surface area contributed by atoms with Gasteiger partial charge in [0.2, 0.25) is 0 Å². The van der Waals surface area contributed by atoms with Crippen molar-refractivity contribution in [1.82, 2.24) is 15.0 Å². The monoisotopic (exact) mass is 274 g/mol. The Morgan fingerprint density at radius 2 is 2.20 bits per heavy atom. The molecular weight excluding hydrogens is 252 g/mol. The van der Waals surface area contributed by atoms with Gasteiger partial charge in [-0.1, -0.05) is 24.3 Å². The zero-order valence-corrected chi connectivity index (χ0v) is 12.2. The van der Waals surface area contributed by atoms with Crippen molar-refractivity contribution in [3.05, 3.63) is 41.2 Å².